The number of rotatable bonds is 7. The Kier molecular flexibility index (Phi) is 6.63. The summed E-state index contributed by atoms with van der Waals surface area (Å²) in [4.78, 5) is 23.4. The summed E-state index contributed by atoms with van der Waals surface area (Å²) in [5.74, 6) is -0.0381. The largest absolute Gasteiger partial charge is 0.484 e. The number of nitrogens with zero attached hydrogens (tertiary/aromatic N) is 1. The van der Waals surface area contributed by atoms with Gasteiger partial charge in [0.1, 0.15) is 5.75 Å². The van der Waals surface area contributed by atoms with Crippen molar-refractivity contribution in [2.24, 2.45) is 0 Å². The van der Waals surface area contributed by atoms with Gasteiger partial charge in [0.25, 0.3) is 5.91 Å². The highest BCUT2D eigenvalue weighted by Gasteiger charge is 2.26. The van der Waals surface area contributed by atoms with E-state index in [0.717, 1.165) is 0 Å². The average Bonchev–Trinajstić information content (AvgIpc) is 2.73. The maximum Gasteiger partial charge on any atom is 0.262 e. The molecule has 1 saturated heterocycles. The lowest BCUT2D eigenvalue weighted by Gasteiger charge is -2.26. The number of amides is 1. The molecule has 1 N–H and O–H groups in total. The normalized spacial score (nSPS) is 14.9. The molecule has 1 fully saturated rings. The van der Waals surface area contributed by atoms with E-state index < -0.39 is 10.0 Å². The summed E-state index contributed by atoms with van der Waals surface area (Å²) in [6.45, 7) is 2.66. The van der Waals surface area contributed by atoms with Crippen LogP contribution in [0.15, 0.2) is 53.4 Å². The van der Waals surface area contributed by atoms with Gasteiger partial charge in [0, 0.05) is 24.3 Å². The zero-order valence-electron chi connectivity index (χ0n) is 16.0. The molecule has 0 saturated carbocycles. The molecule has 1 aliphatic heterocycles. The summed E-state index contributed by atoms with van der Waals surface area (Å²) in [5.41, 5.74) is 1.11. The summed E-state index contributed by atoms with van der Waals surface area (Å²) in [6, 6.07) is 12.5. The second-order valence-corrected chi connectivity index (χ2v) is 8.40. The summed E-state index contributed by atoms with van der Waals surface area (Å²) < 4.78 is 37.1. The van der Waals surface area contributed by atoms with E-state index in [4.69, 9.17) is 9.47 Å². The Labute approximate surface area is 169 Å². The topological polar surface area (TPSA) is 102 Å². The second kappa shape index (κ2) is 9.17. The van der Waals surface area contributed by atoms with Crippen molar-refractivity contribution in [3.8, 4) is 5.75 Å². The van der Waals surface area contributed by atoms with Crippen LogP contribution in [0.1, 0.15) is 17.3 Å². The molecule has 0 spiro atoms. The minimum absolute atomic E-state index is 0.0507. The minimum Gasteiger partial charge on any atom is -0.484 e. The third-order valence-corrected chi connectivity index (χ3v) is 6.29. The van der Waals surface area contributed by atoms with Crippen molar-refractivity contribution in [3.63, 3.8) is 0 Å². The number of anilines is 1. The van der Waals surface area contributed by atoms with Crippen LogP contribution in [0, 0.1) is 0 Å². The summed E-state index contributed by atoms with van der Waals surface area (Å²) in [6.07, 6.45) is 0. The number of hydrogen-bond acceptors (Lipinski definition) is 6. The molecule has 0 aromatic heterocycles. The van der Waals surface area contributed by atoms with Crippen molar-refractivity contribution >= 4 is 27.4 Å². The fourth-order valence-corrected chi connectivity index (χ4v) is 4.19. The first-order chi connectivity index (χ1) is 13.9. The van der Waals surface area contributed by atoms with Gasteiger partial charge in [0.15, 0.2) is 12.4 Å². The molecular weight excluding hydrogens is 396 g/mol. The van der Waals surface area contributed by atoms with Gasteiger partial charge >= 0.3 is 0 Å². The SMILES string of the molecule is CC(=O)c1ccc(NC(=O)COc2ccc(S(=O)(=O)N3CCOCC3)cc2)cc1. The van der Waals surface area contributed by atoms with Gasteiger partial charge in [0.05, 0.1) is 18.1 Å². The maximum absolute atomic E-state index is 12.6. The van der Waals surface area contributed by atoms with Gasteiger partial charge in [-0.25, -0.2) is 8.42 Å². The molecule has 1 amide bonds. The van der Waals surface area contributed by atoms with Gasteiger partial charge in [-0.2, -0.15) is 4.31 Å². The minimum atomic E-state index is -3.57. The Bertz CT molecular complexity index is 965. The quantitative estimate of drug-likeness (QED) is 0.690. The van der Waals surface area contributed by atoms with Crippen LogP contribution in [0.4, 0.5) is 5.69 Å². The van der Waals surface area contributed by atoms with Crippen molar-refractivity contribution < 1.29 is 27.5 Å². The zero-order valence-corrected chi connectivity index (χ0v) is 16.8. The Morgan fingerprint density at radius 2 is 1.66 bits per heavy atom. The predicted molar refractivity (Wildman–Crippen MR) is 107 cm³/mol. The van der Waals surface area contributed by atoms with E-state index in [2.05, 4.69) is 5.32 Å². The second-order valence-electron chi connectivity index (χ2n) is 6.46. The van der Waals surface area contributed by atoms with Gasteiger partial charge in [-0.05, 0) is 55.5 Å². The summed E-state index contributed by atoms with van der Waals surface area (Å²) >= 11 is 0. The van der Waals surface area contributed by atoms with E-state index in [9.17, 15) is 18.0 Å². The monoisotopic (exact) mass is 418 g/mol. The van der Waals surface area contributed by atoms with Crippen molar-refractivity contribution in [1.29, 1.82) is 0 Å². The number of benzene rings is 2. The van der Waals surface area contributed by atoms with Crippen LogP contribution in [0.25, 0.3) is 0 Å². The number of carbonyl (C=O) groups is 2. The molecule has 0 unspecified atom stereocenters. The number of Topliss-reactive ketones (excluding diaryl/α,β-unsaturated/α-hetero) is 1. The van der Waals surface area contributed by atoms with E-state index in [1.165, 1.54) is 35.5 Å². The zero-order chi connectivity index (χ0) is 20.9. The smallest absolute Gasteiger partial charge is 0.262 e. The van der Waals surface area contributed by atoms with Gasteiger partial charge < -0.3 is 14.8 Å². The number of ether oxygens (including phenoxy) is 2. The Hall–Kier alpha value is -2.75. The first kappa shape index (κ1) is 21.0. The lowest BCUT2D eigenvalue weighted by Crippen LogP contribution is -2.40. The van der Waals surface area contributed by atoms with E-state index in [1.54, 1.807) is 24.3 Å². The number of sulfonamides is 1. The number of carbonyl (C=O) groups excluding carboxylic acids is 2. The summed E-state index contributed by atoms with van der Waals surface area (Å²) in [5, 5.41) is 2.67. The molecule has 0 radical (unpaired) electrons. The van der Waals surface area contributed by atoms with Gasteiger partial charge in [-0.15, -0.1) is 0 Å². The lowest BCUT2D eigenvalue weighted by atomic mass is 10.1. The van der Waals surface area contributed by atoms with Crippen molar-refractivity contribution in [3.05, 3.63) is 54.1 Å². The van der Waals surface area contributed by atoms with Crippen LogP contribution < -0.4 is 10.1 Å². The first-order valence-electron chi connectivity index (χ1n) is 9.08. The van der Waals surface area contributed by atoms with Crippen molar-refractivity contribution in [2.45, 2.75) is 11.8 Å². The molecule has 2 aromatic carbocycles. The first-order valence-corrected chi connectivity index (χ1v) is 10.5. The van der Waals surface area contributed by atoms with E-state index in [-0.39, 0.29) is 23.2 Å². The van der Waals surface area contributed by atoms with Crippen molar-refractivity contribution in [1.82, 2.24) is 4.31 Å². The molecule has 9 heteroatoms. The third-order valence-electron chi connectivity index (χ3n) is 4.38. The average molecular weight is 418 g/mol. The van der Waals surface area contributed by atoms with Crippen LogP contribution in [-0.4, -0.2) is 57.3 Å². The van der Waals surface area contributed by atoms with Gasteiger partial charge in [-0.3, -0.25) is 9.59 Å². The molecule has 0 atom stereocenters. The molecule has 154 valence electrons. The molecule has 1 heterocycles. The molecule has 1 aliphatic rings. The molecule has 29 heavy (non-hydrogen) atoms. The Balaban J connectivity index is 1.54. The maximum atomic E-state index is 12.6. The lowest BCUT2D eigenvalue weighted by molar-refractivity contribution is -0.118. The highest BCUT2D eigenvalue weighted by atomic mass is 32.2. The van der Waals surface area contributed by atoms with Crippen LogP contribution in [0.2, 0.25) is 0 Å². The fraction of sp³-hybridized carbons (Fsp3) is 0.300. The van der Waals surface area contributed by atoms with Gasteiger partial charge in [0.2, 0.25) is 10.0 Å². The van der Waals surface area contributed by atoms with Gasteiger partial charge in [-0.1, -0.05) is 0 Å². The Morgan fingerprint density at radius 3 is 2.24 bits per heavy atom. The van der Waals surface area contributed by atoms with E-state index in [1.807, 2.05) is 0 Å². The van der Waals surface area contributed by atoms with Crippen LogP contribution in [-0.2, 0) is 19.6 Å². The highest BCUT2D eigenvalue weighted by molar-refractivity contribution is 7.89. The molecule has 2 aromatic rings. The van der Waals surface area contributed by atoms with Crippen molar-refractivity contribution in [2.75, 3.05) is 38.2 Å². The van der Waals surface area contributed by atoms with E-state index >= 15 is 0 Å². The number of ketones is 1. The fourth-order valence-electron chi connectivity index (χ4n) is 2.78. The number of nitrogens with one attached hydrogen (secondary N) is 1. The number of hydrogen-bond donors (Lipinski definition) is 1. The molecular formula is C20H22N2O6S. The summed E-state index contributed by atoms with van der Waals surface area (Å²) in [7, 11) is -3.57. The molecule has 3 rings (SSSR count). The molecule has 8 nitrogen and oxygen atoms in total. The van der Waals surface area contributed by atoms with Crippen LogP contribution in [0.5, 0.6) is 5.75 Å². The number of morpholine rings is 1. The highest BCUT2D eigenvalue weighted by Crippen LogP contribution is 2.20. The predicted octanol–water partition coefficient (Wildman–Crippen LogP) is 1.93. The van der Waals surface area contributed by atoms with Crippen LogP contribution in [0.3, 0.4) is 0 Å². The third kappa shape index (κ3) is 5.41. The van der Waals surface area contributed by atoms with Crippen LogP contribution >= 0.6 is 0 Å². The molecule has 0 bridgehead atoms. The van der Waals surface area contributed by atoms with E-state index in [0.29, 0.717) is 43.3 Å². The standard InChI is InChI=1S/C20H22N2O6S/c1-15(23)16-2-4-17(5-3-16)21-20(24)14-28-18-6-8-19(9-7-18)29(25,26)22-10-12-27-13-11-22/h2-9H,10-14H2,1H3,(H,21,24). The Morgan fingerprint density at radius 1 is 1.03 bits per heavy atom. The molecule has 0 aliphatic carbocycles.